The predicted molar refractivity (Wildman–Crippen MR) is 299 cm³/mol. The standard InChI is InChI=1S/C9H18O.C7H10O3.C6H11NO3.C6H8O4.C6H10O4.C6H10O3.C6H12O.C5H8O3.C5H8O2/c1-3-5-6-7-8-9(10)4-2;1-3-10-7(9)4-6(2)5-8;1-7(2)5(8)3-4-6(9)10;1-9-5(7)3-4-6(8)10-2;1-2-10-6(9)4-3-5(7)8;1-3-5(7)4-6(8)9-2;1-2-3-4-5-6-7;1-2-5(7)3-8-4-6;1-3-5(6)7-4-2/h3-8H2,1-2H3;4-5H,3H2,1-2H3;3-4H2,1-2H3,(H,9,10);3-4H,1-2H3;2-4H2,1H3,(H,7,8);3-4H2,1-2H3;6H,2-5H2,1H3;4H,2-3H2,1H3;4H,2-3H2,1H3/b;6-4+;;4-3+;;;;;. The van der Waals surface area contributed by atoms with Gasteiger partial charge in [-0.2, -0.15) is 0 Å². The zero-order valence-corrected chi connectivity index (χ0v) is 50.4. The second kappa shape index (κ2) is 76.5. The van der Waals surface area contributed by atoms with E-state index in [1.807, 2.05) is 6.92 Å². The smallest absolute Gasteiger partial charge is 0.331 e. The zero-order chi connectivity index (χ0) is 64.8. The zero-order valence-electron chi connectivity index (χ0n) is 50.4. The molecule has 2 N–H and O–H groups in total. The lowest BCUT2D eigenvalue weighted by molar-refractivity contribution is -0.147. The van der Waals surface area contributed by atoms with Crippen molar-refractivity contribution in [2.75, 3.05) is 55.2 Å². The number of rotatable bonds is 31. The van der Waals surface area contributed by atoms with Crippen LogP contribution in [0.3, 0.4) is 0 Å². The number of ketones is 3. The molecule has 0 aromatic rings. The SMILES string of the molecule is C=COC(=O)CC.CCC(=O)CC(=O)OC.CCC(=O)COC=O.CCCCCC=O.CCCCCCC(=O)CC.CCOC(=O)/C=C(\C)C=O.CCOC(=O)CCC(=O)O.CN(C)C(=O)CCC(=O)O.COC(=O)/C=C/C(=O)OC. The first-order valence-corrected chi connectivity index (χ1v) is 26.0. The van der Waals surface area contributed by atoms with Crippen molar-refractivity contribution in [3.05, 3.63) is 36.6 Å². The van der Waals surface area contributed by atoms with Crippen molar-refractivity contribution < 1.29 is 115 Å². The third-order valence-electron chi connectivity index (χ3n) is 8.28. The Morgan fingerprint density at radius 3 is 1.35 bits per heavy atom. The largest absolute Gasteiger partial charge is 0.481 e. The number of nitrogens with zero attached hydrogens (tertiary/aromatic N) is 1. The molecule has 0 bridgehead atoms. The van der Waals surface area contributed by atoms with Crippen LogP contribution in [0.25, 0.3) is 0 Å². The maximum Gasteiger partial charge on any atom is 0.331 e. The number of methoxy groups -OCH3 is 3. The van der Waals surface area contributed by atoms with Gasteiger partial charge in [0.1, 0.15) is 37.2 Å². The highest BCUT2D eigenvalue weighted by Gasteiger charge is 2.07. The first kappa shape index (κ1) is 92.6. The number of aliphatic carboxylic acids is 2. The molecule has 25 heteroatoms. The summed E-state index contributed by atoms with van der Waals surface area (Å²) in [6.45, 7) is 20.4. The number of esters is 6. The van der Waals surface area contributed by atoms with Crippen LogP contribution in [0.15, 0.2) is 36.6 Å². The first-order valence-electron chi connectivity index (χ1n) is 26.0. The molecule has 0 unspecified atom stereocenters. The number of carbonyl (C=O) groups is 15. The van der Waals surface area contributed by atoms with Gasteiger partial charge < -0.3 is 53.1 Å². The van der Waals surface area contributed by atoms with Crippen LogP contribution >= 0.6 is 0 Å². The average molecular weight is 1170 g/mol. The van der Waals surface area contributed by atoms with Crippen LogP contribution in [-0.4, -0.2) is 160 Å². The third kappa shape index (κ3) is 105. The predicted octanol–water partition coefficient (Wildman–Crippen LogP) is 7.39. The number of carboxylic acids is 2. The second-order valence-corrected chi connectivity index (χ2v) is 15.3. The van der Waals surface area contributed by atoms with Crippen molar-refractivity contribution in [1.29, 1.82) is 0 Å². The quantitative estimate of drug-likeness (QED) is 0.0130. The summed E-state index contributed by atoms with van der Waals surface area (Å²) < 4.78 is 30.2. The lowest BCUT2D eigenvalue weighted by Crippen LogP contribution is -2.22. The lowest BCUT2D eigenvalue weighted by Gasteiger charge is -2.07. The van der Waals surface area contributed by atoms with Crippen LogP contribution in [-0.2, 0) is 105 Å². The summed E-state index contributed by atoms with van der Waals surface area (Å²) in [6.07, 6.45) is 17.4. The van der Waals surface area contributed by atoms with E-state index in [0.29, 0.717) is 56.5 Å². The fraction of sp³-hybridized carbons (Fsp3) is 0.625. The summed E-state index contributed by atoms with van der Waals surface area (Å²) >= 11 is 0. The van der Waals surface area contributed by atoms with Crippen LogP contribution in [0.4, 0.5) is 0 Å². The Labute approximate surface area is 478 Å². The van der Waals surface area contributed by atoms with E-state index in [1.165, 1.54) is 58.3 Å². The number of unbranched alkanes of at least 4 members (excludes halogenated alkanes) is 6. The molecular formula is C56H95NO24. The van der Waals surface area contributed by atoms with Crippen LogP contribution < -0.4 is 0 Å². The Morgan fingerprint density at radius 2 is 1.00 bits per heavy atom. The van der Waals surface area contributed by atoms with Crippen LogP contribution in [0.5, 0.6) is 0 Å². The molecule has 0 rings (SSSR count). The number of hydrogen-bond donors (Lipinski definition) is 2. The van der Waals surface area contributed by atoms with Crippen molar-refractivity contribution in [1.82, 2.24) is 4.90 Å². The molecule has 0 atom stereocenters. The molecule has 0 aromatic heterocycles. The fourth-order valence-electron chi connectivity index (χ4n) is 3.72. The Bertz CT molecular complexity index is 1770. The molecule has 0 spiro atoms. The molecule has 0 aromatic carbocycles. The van der Waals surface area contributed by atoms with E-state index in [4.69, 9.17) is 10.2 Å². The van der Waals surface area contributed by atoms with E-state index in [2.05, 4.69) is 53.6 Å². The van der Waals surface area contributed by atoms with Gasteiger partial charge in [0.05, 0.1) is 60.1 Å². The summed E-state index contributed by atoms with van der Waals surface area (Å²) in [6, 6.07) is 0. The van der Waals surface area contributed by atoms with Gasteiger partial charge in [-0.15, -0.1) is 0 Å². The molecule has 81 heavy (non-hydrogen) atoms. The van der Waals surface area contributed by atoms with Gasteiger partial charge in [0.15, 0.2) is 5.78 Å². The number of allylic oxidation sites excluding steroid dienone is 1. The van der Waals surface area contributed by atoms with Gasteiger partial charge in [-0.05, 0) is 39.2 Å². The molecule has 0 saturated carbocycles. The highest BCUT2D eigenvalue weighted by molar-refractivity contribution is 5.95. The van der Waals surface area contributed by atoms with Gasteiger partial charge in [-0.25, -0.2) is 14.4 Å². The van der Waals surface area contributed by atoms with Gasteiger partial charge in [0, 0.05) is 77.3 Å². The second-order valence-electron chi connectivity index (χ2n) is 15.3. The van der Waals surface area contributed by atoms with Crippen LogP contribution in [0.1, 0.15) is 178 Å². The molecule has 0 aliphatic rings. The first-order chi connectivity index (χ1) is 38.1. The molecule has 1 amide bonds. The van der Waals surface area contributed by atoms with Crippen LogP contribution in [0, 0.1) is 0 Å². The van der Waals surface area contributed by atoms with Crippen molar-refractivity contribution in [3.63, 3.8) is 0 Å². The minimum Gasteiger partial charge on any atom is -0.481 e. The van der Waals surface area contributed by atoms with Gasteiger partial charge in [0.25, 0.3) is 6.47 Å². The molecule has 468 valence electrons. The number of carboxylic acid groups (broad SMARTS) is 2. The molecular weight excluding hydrogens is 1070 g/mol. The molecule has 0 saturated heterocycles. The van der Waals surface area contributed by atoms with E-state index in [1.54, 1.807) is 55.6 Å². The van der Waals surface area contributed by atoms with Gasteiger partial charge in [0.2, 0.25) is 5.91 Å². The Hall–Kier alpha value is -7.73. The maximum absolute atomic E-state index is 10.8. The topological polar surface area (TPSA) is 364 Å². The van der Waals surface area contributed by atoms with E-state index in [9.17, 15) is 71.9 Å². The normalized spacial score (nSPS) is 9.09. The van der Waals surface area contributed by atoms with Crippen molar-refractivity contribution in [3.8, 4) is 0 Å². The van der Waals surface area contributed by atoms with Crippen LogP contribution in [0.2, 0.25) is 0 Å². The van der Waals surface area contributed by atoms with E-state index >= 15 is 0 Å². The van der Waals surface area contributed by atoms with Gasteiger partial charge in [-0.1, -0.05) is 80.2 Å². The molecule has 0 aliphatic carbocycles. The third-order valence-corrected chi connectivity index (χ3v) is 8.28. The van der Waals surface area contributed by atoms with Gasteiger partial charge >= 0.3 is 47.8 Å². The minimum atomic E-state index is -0.979. The van der Waals surface area contributed by atoms with Crippen molar-refractivity contribution in [2.45, 2.75) is 178 Å². The monoisotopic (exact) mass is 1170 g/mol. The lowest BCUT2D eigenvalue weighted by atomic mass is 10.1. The summed E-state index contributed by atoms with van der Waals surface area (Å²) in [4.78, 5) is 155. The average Bonchev–Trinajstić information content (AvgIpc) is 3.44. The number of aldehydes is 2. The number of Topliss-reactive ketones (excluding diaryl/α,β-unsaturated/α-hetero) is 3. The Morgan fingerprint density at radius 1 is 0.519 bits per heavy atom. The molecule has 25 nitrogen and oxygen atoms in total. The fourth-order valence-corrected chi connectivity index (χ4v) is 3.72. The summed E-state index contributed by atoms with van der Waals surface area (Å²) in [5.41, 5.74) is 0.374. The van der Waals surface area contributed by atoms with Gasteiger partial charge in [-0.3, -0.25) is 52.7 Å². The number of amides is 1. The summed E-state index contributed by atoms with van der Waals surface area (Å²) in [5, 5.41) is 16.3. The van der Waals surface area contributed by atoms with Crippen molar-refractivity contribution >= 4 is 90.1 Å². The molecule has 0 fully saturated rings. The Balaban J connectivity index is -0.000000103. The van der Waals surface area contributed by atoms with E-state index in [0.717, 1.165) is 56.5 Å². The number of hydrogen-bond acceptors (Lipinski definition) is 22. The highest BCUT2D eigenvalue weighted by atomic mass is 16.5. The highest BCUT2D eigenvalue weighted by Crippen LogP contribution is 2.04. The molecule has 0 heterocycles. The molecule has 0 aliphatic heterocycles. The summed E-state index contributed by atoms with van der Waals surface area (Å²) in [5.74, 6) is -4.56. The van der Waals surface area contributed by atoms with Crippen molar-refractivity contribution in [2.24, 2.45) is 0 Å². The number of ether oxygens (including phenoxy) is 7. The minimum absolute atomic E-state index is 0.0385. The molecule has 0 radical (unpaired) electrons. The van der Waals surface area contributed by atoms with E-state index < -0.39 is 41.8 Å². The summed E-state index contributed by atoms with van der Waals surface area (Å²) in [7, 11) is 6.92. The number of carbonyl (C=O) groups excluding carboxylic acids is 13. The maximum atomic E-state index is 10.8. The Kier molecular flexibility index (Phi) is 87.5. The van der Waals surface area contributed by atoms with E-state index in [-0.39, 0.29) is 68.6 Å².